The van der Waals surface area contributed by atoms with Crippen LogP contribution in [0.5, 0.6) is 5.75 Å². The van der Waals surface area contributed by atoms with E-state index in [1.165, 1.54) is 25.3 Å². The second kappa shape index (κ2) is 7.69. The van der Waals surface area contributed by atoms with Crippen molar-refractivity contribution in [3.63, 3.8) is 0 Å². The molecule has 0 aliphatic heterocycles. The second-order valence-corrected chi connectivity index (χ2v) is 4.58. The molecular weight excluding hydrogens is 284 g/mol. The van der Waals surface area contributed by atoms with Gasteiger partial charge >= 0.3 is 5.69 Å². The lowest BCUT2D eigenvalue weighted by Crippen LogP contribution is -2.34. The Morgan fingerprint density at radius 2 is 2.25 bits per heavy atom. The van der Waals surface area contributed by atoms with Crippen LogP contribution in [0.25, 0.3) is 0 Å². The van der Waals surface area contributed by atoms with Gasteiger partial charge in [0.05, 0.1) is 12.0 Å². The maximum Gasteiger partial charge on any atom is 0.311 e. The number of ether oxygens (including phenoxy) is 1. The second-order valence-electron chi connectivity index (χ2n) is 4.20. The number of nitrogens with zero attached hydrogens (tertiary/aromatic N) is 1. The number of rotatable bonds is 7. The summed E-state index contributed by atoms with van der Waals surface area (Å²) < 4.78 is 4.89. The van der Waals surface area contributed by atoms with Gasteiger partial charge in [-0.1, -0.05) is 6.92 Å². The van der Waals surface area contributed by atoms with Crippen molar-refractivity contribution in [2.24, 2.45) is 0 Å². The first kappa shape index (κ1) is 16.2. The summed E-state index contributed by atoms with van der Waals surface area (Å²) in [6.07, 6.45) is 1.40. The Kier molecular flexibility index (Phi) is 6.24. The Hall–Kier alpha value is -1.82. The van der Waals surface area contributed by atoms with Crippen LogP contribution in [0.2, 0.25) is 0 Å². The van der Waals surface area contributed by atoms with Crippen LogP contribution in [0.4, 0.5) is 5.69 Å². The highest BCUT2D eigenvalue weighted by Crippen LogP contribution is 2.27. The molecule has 0 bridgehead atoms. The van der Waals surface area contributed by atoms with Gasteiger partial charge in [0.15, 0.2) is 5.75 Å². The third-order valence-corrected chi connectivity index (χ3v) is 3.14. The number of alkyl halides is 1. The number of nitrogens with one attached hydrogen (secondary N) is 1. The monoisotopic (exact) mass is 300 g/mol. The highest BCUT2D eigenvalue weighted by atomic mass is 35.5. The SMILES string of the molecule is CCC(CCCl)NC(=O)c1ccc(OC)c([N+](=O)[O-])c1. The molecule has 1 atom stereocenters. The molecule has 1 unspecified atom stereocenters. The minimum Gasteiger partial charge on any atom is -0.490 e. The number of nitro groups is 1. The van der Waals surface area contributed by atoms with Gasteiger partial charge in [-0.05, 0) is 25.0 Å². The fraction of sp³-hybridized carbons (Fsp3) is 0.462. The molecule has 20 heavy (non-hydrogen) atoms. The van der Waals surface area contributed by atoms with E-state index in [0.717, 1.165) is 6.42 Å². The van der Waals surface area contributed by atoms with Gasteiger partial charge in [-0.15, -0.1) is 11.6 Å². The Morgan fingerprint density at radius 3 is 2.75 bits per heavy atom. The molecular formula is C13H17ClN2O4. The maximum atomic E-state index is 12.0. The van der Waals surface area contributed by atoms with E-state index in [1.54, 1.807) is 0 Å². The van der Waals surface area contributed by atoms with E-state index in [4.69, 9.17) is 16.3 Å². The zero-order valence-corrected chi connectivity index (χ0v) is 12.1. The molecule has 0 fully saturated rings. The lowest BCUT2D eigenvalue weighted by Gasteiger charge is -2.15. The average Bonchev–Trinajstić information content (AvgIpc) is 2.45. The molecule has 0 spiro atoms. The van der Waals surface area contributed by atoms with Crippen LogP contribution in [-0.4, -0.2) is 29.9 Å². The molecule has 1 N–H and O–H groups in total. The summed E-state index contributed by atoms with van der Waals surface area (Å²) >= 11 is 5.65. The van der Waals surface area contributed by atoms with E-state index in [-0.39, 0.29) is 28.9 Å². The van der Waals surface area contributed by atoms with Gasteiger partial charge < -0.3 is 10.1 Å². The van der Waals surface area contributed by atoms with Crippen molar-refractivity contribution in [3.8, 4) is 5.75 Å². The van der Waals surface area contributed by atoms with Crippen LogP contribution in [-0.2, 0) is 0 Å². The summed E-state index contributed by atoms with van der Waals surface area (Å²) in [7, 11) is 1.34. The third-order valence-electron chi connectivity index (χ3n) is 2.92. The van der Waals surface area contributed by atoms with Gasteiger partial charge in [-0.3, -0.25) is 14.9 Å². The van der Waals surface area contributed by atoms with Crippen molar-refractivity contribution >= 4 is 23.2 Å². The smallest absolute Gasteiger partial charge is 0.311 e. The van der Waals surface area contributed by atoms with Crippen LogP contribution in [0, 0.1) is 10.1 Å². The van der Waals surface area contributed by atoms with Crippen molar-refractivity contribution in [2.75, 3.05) is 13.0 Å². The molecule has 0 aliphatic rings. The van der Waals surface area contributed by atoms with E-state index in [2.05, 4.69) is 5.32 Å². The summed E-state index contributed by atoms with van der Waals surface area (Å²) in [6.45, 7) is 1.94. The van der Waals surface area contributed by atoms with Gasteiger partial charge in [0.1, 0.15) is 0 Å². The van der Waals surface area contributed by atoms with Crippen LogP contribution in [0.15, 0.2) is 18.2 Å². The molecule has 1 amide bonds. The van der Waals surface area contributed by atoms with Crippen molar-refractivity contribution in [1.29, 1.82) is 0 Å². The highest BCUT2D eigenvalue weighted by Gasteiger charge is 2.19. The first-order valence-corrected chi connectivity index (χ1v) is 6.76. The third kappa shape index (κ3) is 4.09. The Bertz CT molecular complexity index is 493. The number of hydrogen-bond donors (Lipinski definition) is 1. The predicted octanol–water partition coefficient (Wildman–Crippen LogP) is 2.74. The molecule has 1 rings (SSSR count). The minimum atomic E-state index is -0.578. The number of hydrogen-bond acceptors (Lipinski definition) is 4. The predicted molar refractivity (Wildman–Crippen MR) is 76.5 cm³/mol. The molecule has 1 aromatic carbocycles. The van der Waals surface area contributed by atoms with E-state index >= 15 is 0 Å². The number of nitro benzene ring substituents is 1. The first-order valence-electron chi connectivity index (χ1n) is 6.22. The summed E-state index contributed by atoms with van der Waals surface area (Å²) in [5.74, 6) is 0.216. The molecule has 0 radical (unpaired) electrons. The minimum absolute atomic E-state index is 0.0406. The maximum absolute atomic E-state index is 12.0. The molecule has 0 aromatic heterocycles. The van der Waals surface area contributed by atoms with E-state index < -0.39 is 4.92 Å². The first-order chi connectivity index (χ1) is 9.53. The fourth-order valence-electron chi connectivity index (χ4n) is 1.75. The van der Waals surface area contributed by atoms with Crippen molar-refractivity contribution in [2.45, 2.75) is 25.8 Å². The lowest BCUT2D eigenvalue weighted by molar-refractivity contribution is -0.385. The largest absolute Gasteiger partial charge is 0.490 e. The quantitative estimate of drug-likeness (QED) is 0.477. The molecule has 7 heteroatoms. The standard InChI is InChI=1S/C13H17ClN2O4/c1-3-10(6-7-14)15-13(17)9-4-5-12(20-2)11(8-9)16(18)19/h4-5,8,10H,3,6-7H2,1-2H3,(H,15,17). The Labute approximate surface area is 122 Å². The fourth-order valence-corrected chi connectivity index (χ4v) is 2.02. The number of carbonyl (C=O) groups excluding carboxylic acids is 1. The number of amides is 1. The topological polar surface area (TPSA) is 81.5 Å². The van der Waals surface area contributed by atoms with Crippen molar-refractivity contribution in [1.82, 2.24) is 5.32 Å². The van der Waals surface area contributed by atoms with Gasteiger partial charge in [0.2, 0.25) is 0 Å². The lowest BCUT2D eigenvalue weighted by atomic mass is 10.1. The molecule has 6 nitrogen and oxygen atoms in total. The van der Waals surface area contributed by atoms with Crippen LogP contribution < -0.4 is 10.1 Å². The normalized spacial score (nSPS) is 11.8. The molecule has 110 valence electrons. The number of methoxy groups -OCH3 is 1. The van der Waals surface area contributed by atoms with E-state index in [1.807, 2.05) is 6.92 Å². The highest BCUT2D eigenvalue weighted by molar-refractivity contribution is 6.17. The van der Waals surface area contributed by atoms with Crippen LogP contribution in [0.1, 0.15) is 30.1 Å². The number of halogens is 1. The van der Waals surface area contributed by atoms with E-state index in [0.29, 0.717) is 12.3 Å². The van der Waals surface area contributed by atoms with Crippen LogP contribution in [0.3, 0.4) is 0 Å². The molecule has 1 aromatic rings. The van der Waals surface area contributed by atoms with Gasteiger partial charge in [0.25, 0.3) is 5.91 Å². The Balaban J connectivity index is 2.93. The Morgan fingerprint density at radius 1 is 1.55 bits per heavy atom. The van der Waals surface area contributed by atoms with Crippen LogP contribution >= 0.6 is 11.6 Å². The average molecular weight is 301 g/mol. The van der Waals surface area contributed by atoms with Crippen molar-refractivity contribution in [3.05, 3.63) is 33.9 Å². The van der Waals surface area contributed by atoms with Gasteiger partial charge in [-0.2, -0.15) is 0 Å². The molecule has 0 saturated carbocycles. The number of benzene rings is 1. The molecule has 0 saturated heterocycles. The van der Waals surface area contributed by atoms with E-state index in [9.17, 15) is 14.9 Å². The summed E-state index contributed by atoms with van der Waals surface area (Å²) in [5, 5.41) is 13.7. The summed E-state index contributed by atoms with van der Waals surface area (Å²) in [5.41, 5.74) is -0.00364. The van der Waals surface area contributed by atoms with Gasteiger partial charge in [-0.25, -0.2) is 0 Å². The number of carbonyl (C=O) groups is 1. The molecule has 0 aliphatic carbocycles. The van der Waals surface area contributed by atoms with Gasteiger partial charge in [0, 0.05) is 23.6 Å². The molecule has 0 heterocycles. The van der Waals surface area contributed by atoms with Crippen molar-refractivity contribution < 1.29 is 14.5 Å². The zero-order valence-electron chi connectivity index (χ0n) is 11.4. The zero-order chi connectivity index (χ0) is 15.1. The summed E-state index contributed by atoms with van der Waals surface area (Å²) in [4.78, 5) is 22.4. The summed E-state index contributed by atoms with van der Waals surface area (Å²) in [6, 6.07) is 4.08.